The van der Waals surface area contributed by atoms with Crippen molar-refractivity contribution >= 4 is 46.6 Å². The minimum Gasteiger partial charge on any atom is -0.444 e. The lowest BCUT2D eigenvalue weighted by Crippen LogP contribution is -2.52. The van der Waals surface area contributed by atoms with Gasteiger partial charge in [-0.2, -0.15) is 0 Å². The first-order valence-electron chi connectivity index (χ1n) is 18.0. The summed E-state index contributed by atoms with van der Waals surface area (Å²) in [7, 11) is 1.71. The summed E-state index contributed by atoms with van der Waals surface area (Å²) in [5.41, 5.74) is 4.60. The second-order valence-electron chi connectivity index (χ2n) is 13.8. The minimum atomic E-state index is -0.790. The second-order valence-corrected chi connectivity index (χ2v) is 15.7. The summed E-state index contributed by atoms with van der Waals surface area (Å²) in [4.78, 5) is 65.8. The first kappa shape index (κ1) is 39.4. The molecule has 3 heterocycles. The predicted molar refractivity (Wildman–Crippen MR) is 206 cm³/mol. The lowest BCUT2D eigenvalue weighted by molar-refractivity contribution is -0.125. The zero-order chi connectivity index (χ0) is 37.7. The number of likely N-dealkylation sites (tertiary alicyclic amines) is 1. The number of benzene rings is 2. The highest BCUT2D eigenvalue weighted by molar-refractivity contribution is 7.09. The number of ether oxygens (including phenoxy) is 1. The Balaban J connectivity index is 1.30. The molecule has 0 saturated carbocycles. The van der Waals surface area contributed by atoms with Gasteiger partial charge in [0.15, 0.2) is 0 Å². The molecule has 14 heteroatoms. The van der Waals surface area contributed by atoms with Gasteiger partial charge in [-0.05, 0) is 43.2 Å². The van der Waals surface area contributed by atoms with E-state index in [4.69, 9.17) is 4.74 Å². The van der Waals surface area contributed by atoms with Crippen molar-refractivity contribution in [2.45, 2.75) is 96.1 Å². The van der Waals surface area contributed by atoms with Crippen molar-refractivity contribution in [1.29, 1.82) is 0 Å². The number of thiazole rings is 2. The van der Waals surface area contributed by atoms with E-state index < -0.39 is 12.1 Å². The Morgan fingerprint density at radius 1 is 0.943 bits per heavy atom. The van der Waals surface area contributed by atoms with E-state index in [0.717, 1.165) is 26.7 Å². The minimum absolute atomic E-state index is 0.134. The zero-order valence-electron chi connectivity index (χ0n) is 30.7. The van der Waals surface area contributed by atoms with E-state index in [1.54, 1.807) is 39.9 Å². The molecule has 5 rings (SSSR count). The SMILES string of the molecule is CC(=O)NC1CC(C(=O)NC(CCC(Cc2ccccc2)NC(=O)OCc2cncs2)Cc2ccccc2)N(C(=O)N(C)Cc2csc(C(C)C)n2)C1. The molecule has 0 bridgehead atoms. The zero-order valence-corrected chi connectivity index (χ0v) is 32.3. The van der Waals surface area contributed by atoms with Gasteiger partial charge in [-0.3, -0.25) is 14.6 Å². The Morgan fingerprint density at radius 2 is 1.58 bits per heavy atom. The second kappa shape index (κ2) is 19.3. The smallest absolute Gasteiger partial charge is 0.407 e. The van der Waals surface area contributed by atoms with Crippen LogP contribution in [0.15, 0.2) is 77.8 Å². The highest BCUT2D eigenvalue weighted by atomic mass is 32.1. The standard InChI is InChI=1S/C39H49N7O5S2/c1-26(2)37-43-33(24-52-37)21-45(4)39(50)46-22-32(41-27(3)47)19-35(46)36(48)42-30(17-28-11-7-5-8-12-28)15-16-31(18-29-13-9-6-10-14-29)44-38(49)51-23-34-20-40-25-53-34/h5-14,20,24-26,30-32,35H,15-19,21-23H2,1-4H3,(H,41,47)(H,42,48)(H,44,49). The van der Waals surface area contributed by atoms with Gasteiger partial charge in [0.1, 0.15) is 12.6 Å². The van der Waals surface area contributed by atoms with Gasteiger partial charge in [0.05, 0.1) is 27.6 Å². The monoisotopic (exact) mass is 759 g/mol. The van der Waals surface area contributed by atoms with Gasteiger partial charge in [-0.25, -0.2) is 14.6 Å². The van der Waals surface area contributed by atoms with E-state index in [0.29, 0.717) is 38.6 Å². The highest BCUT2D eigenvalue weighted by Gasteiger charge is 2.41. The fraction of sp³-hybridized carbons (Fsp3) is 0.436. The first-order valence-corrected chi connectivity index (χ1v) is 19.7. The van der Waals surface area contributed by atoms with Crippen molar-refractivity contribution in [2.24, 2.45) is 0 Å². The molecule has 4 atom stereocenters. The maximum atomic E-state index is 14.2. The van der Waals surface area contributed by atoms with E-state index in [2.05, 4.69) is 39.8 Å². The van der Waals surface area contributed by atoms with Gasteiger partial charge >= 0.3 is 12.1 Å². The van der Waals surface area contributed by atoms with Gasteiger partial charge < -0.3 is 30.5 Å². The number of urea groups is 1. The van der Waals surface area contributed by atoms with Crippen LogP contribution in [-0.2, 0) is 40.3 Å². The topological polar surface area (TPSA) is 146 Å². The molecule has 4 unspecified atom stereocenters. The number of aromatic nitrogens is 2. The number of hydrogen-bond acceptors (Lipinski definition) is 9. The lowest BCUT2D eigenvalue weighted by Gasteiger charge is -2.30. The number of rotatable bonds is 16. The maximum Gasteiger partial charge on any atom is 0.407 e. The van der Waals surface area contributed by atoms with Crippen molar-refractivity contribution in [1.82, 2.24) is 35.7 Å². The van der Waals surface area contributed by atoms with Crippen LogP contribution in [0.5, 0.6) is 0 Å². The van der Waals surface area contributed by atoms with Crippen LogP contribution in [0.25, 0.3) is 0 Å². The van der Waals surface area contributed by atoms with Gasteiger partial charge in [0.25, 0.3) is 0 Å². The van der Waals surface area contributed by atoms with Crippen LogP contribution in [-0.4, -0.2) is 81.5 Å². The molecular weight excluding hydrogens is 711 g/mol. The van der Waals surface area contributed by atoms with Gasteiger partial charge in [-0.1, -0.05) is 74.5 Å². The molecule has 1 aliphatic rings. The average molecular weight is 760 g/mol. The molecule has 3 N–H and O–H groups in total. The summed E-state index contributed by atoms with van der Waals surface area (Å²) in [5, 5.41) is 12.2. The van der Waals surface area contributed by atoms with Crippen molar-refractivity contribution < 1.29 is 23.9 Å². The molecule has 0 aliphatic carbocycles. The molecule has 12 nitrogen and oxygen atoms in total. The van der Waals surface area contributed by atoms with E-state index >= 15 is 0 Å². The van der Waals surface area contributed by atoms with Crippen molar-refractivity contribution in [3.05, 3.63) is 104 Å². The van der Waals surface area contributed by atoms with Crippen molar-refractivity contribution in [3.8, 4) is 0 Å². The summed E-state index contributed by atoms with van der Waals surface area (Å²) in [6.07, 6.45) is 3.68. The molecule has 282 valence electrons. The molecule has 2 aromatic heterocycles. The Hall–Kier alpha value is -4.82. The van der Waals surface area contributed by atoms with Crippen molar-refractivity contribution in [2.75, 3.05) is 13.6 Å². The number of carbonyl (C=O) groups excluding carboxylic acids is 4. The molecule has 0 radical (unpaired) electrons. The average Bonchev–Trinajstić information content (AvgIpc) is 3.92. The summed E-state index contributed by atoms with van der Waals surface area (Å²) < 4.78 is 5.50. The third-order valence-electron chi connectivity index (χ3n) is 9.06. The normalized spacial score (nSPS) is 16.5. The van der Waals surface area contributed by atoms with Crippen LogP contribution in [0.1, 0.15) is 72.7 Å². The van der Waals surface area contributed by atoms with Crippen LogP contribution < -0.4 is 16.0 Å². The Labute approximate surface area is 319 Å². The summed E-state index contributed by atoms with van der Waals surface area (Å²) >= 11 is 2.99. The molecule has 2 aromatic carbocycles. The summed E-state index contributed by atoms with van der Waals surface area (Å²) in [5.74, 6) is -0.214. The number of hydrogen-bond donors (Lipinski definition) is 3. The third kappa shape index (κ3) is 12.1. The van der Waals surface area contributed by atoms with Crippen LogP contribution >= 0.6 is 22.7 Å². The Kier molecular flexibility index (Phi) is 14.4. The molecule has 5 amide bonds. The number of amides is 5. The Morgan fingerprint density at radius 3 is 2.15 bits per heavy atom. The molecule has 1 fully saturated rings. The van der Waals surface area contributed by atoms with E-state index in [-0.39, 0.29) is 55.0 Å². The fourth-order valence-electron chi connectivity index (χ4n) is 6.48. The van der Waals surface area contributed by atoms with E-state index in [1.807, 2.05) is 66.0 Å². The van der Waals surface area contributed by atoms with E-state index in [1.165, 1.54) is 18.3 Å². The molecule has 53 heavy (non-hydrogen) atoms. The summed E-state index contributed by atoms with van der Waals surface area (Å²) in [6.45, 7) is 6.25. The van der Waals surface area contributed by atoms with Crippen LogP contribution in [0.4, 0.5) is 9.59 Å². The highest BCUT2D eigenvalue weighted by Crippen LogP contribution is 2.24. The number of carbonyl (C=O) groups is 4. The predicted octanol–water partition coefficient (Wildman–Crippen LogP) is 5.90. The van der Waals surface area contributed by atoms with Crippen molar-refractivity contribution in [3.63, 3.8) is 0 Å². The third-order valence-corrected chi connectivity index (χ3v) is 11.0. The summed E-state index contributed by atoms with van der Waals surface area (Å²) in [6, 6.07) is 17.8. The lowest BCUT2D eigenvalue weighted by atomic mass is 9.95. The van der Waals surface area contributed by atoms with Crippen LogP contribution in [0.3, 0.4) is 0 Å². The number of nitrogens with zero attached hydrogens (tertiary/aromatic N) is 4. The number of alkyl carbamates (subject to hydrolysis) is 1. The largest absolute Gasteiger partial charge is 0.444 e. The maximum absolute atomic E-state index is 14.2. The Bertz CT molecular complexity index is 1770. The molecule has 1 saturated heterocycles. The van der Waals surface area contributed by atoms with Gasteiger partial charge in [-0.15, -0.1) is 22.7 Å². The van der Waals surface area contributed by atoms with Crippen LogP contribution in [0, 0.1) is 0 Å². The molecular formula is C39H49N7O5S2. The van der Waals surface area contributed by atoms with E-state index in [9.17, 15) is 19.2 Å². The molecule has 0 spiro atoms. The van der Waals surface area contributed by atoms with Gasteiger partial charge in [0, 0.05) is 56.1 Å². The van der Waals surface area contributed by atoms with Gasteiger partial charge in [0.2, 0.25) is 11.8 Å². The molecule has 4 aromatic rings. The number of nitrogens with one attached hydrogen (secondary N) is 3. The fourth-order valence-corrected chi connectivity index (χ4v) is 7.82. The molecule has 1 aliphatic heterocycles. The first-order chi connectivity index (χ1) is 25.5. The quantitative estimate of drug-likeness (QED) is 0.129. The van der Waals surface area contributed by atoms with Crippen LogP contribution in [0.2, 0.25) is 0 Å².